The predicted octanol–water partition coefficient (Wildman–Crippen LogP) is 4.30. The number of pyridine rings is 1. The van der Waals surface area contributed by atoms with Gasteiger partial charge in [-0.05, 0) is 24.3 Å². The van der Waals surface area contributed by atoms with E-state index in [2.05, 4.69) is 24.7 Å². The lowest BCUT2D eigenvalue weighted by Crippen LogP contribution is -2.16. The lowest BCUT2D eigenvalue weighted by molar-refractivity contribution is 0.146. The Morgan fingerprint density at radius 3 is 2.41 bits per heavy atom. The first-order chi connectivity index (χ1) is 16.2. The van der Waals surface area contributed by atoms with Crippen LogP contribution in [-0.2, 0) is 16.4 Å². The second kappa shape index (κ2) is 9.39. The number of benzene rings is 1. The fourth-order valence-corrected chi connectivity index (χ4v) is 4.83. The van der Waals surface area contributed by atoms with Gasteiger partial charge in [0.15, 0.2) is 0 Å². The van der Waals surface area contributed by atoms with Gasteiger partial charge in [0.25, 0.3) is 10.0 Å². The van der Waals surface area contributed by atoms with E-state index in [1.165, 1.54) is 20.4 Å². The summed E-state index contributed by atoms with van der Waals surface area (Å²) in [5.41, 5.74) is 1.49. The second-order valence-corrected chi connectivity index (χ2v) is 9.02. The van der Waals surface area contributed by atoms with Crippen molar-refractivity contribution < 1.29 is 26.7 Å². The van der Waals surface area contributed by atoms with E-state index in [-0.39, 0.29) is 22.2 Å². The highest BCUT2D eigenvalue weighted by molar-refractivity contribution is 7.93. The number of methoxy groups -OCH3 is 2. The number of sulfonamides is 1. The van der Waals surface area contributed by atoms with E-state index in [9.17, 15) is 17.2 Å². The van der Waals surface area contributed by atoms with E-state index in [1.54, 1.807) is 36.5 Å². The van der Waals surface area contributed by atoms with Gasteiger partial charge in [-0.1, -0.05) is 17.7 Å². The van der Waals surface area contributed by atoms with Gasteiger partial charge in [-0.2, -0.15) is 9.97 Å². The minimum Gasteiger partial charge on any atom is -0.481 e. The maximum atomic E-state index is 13.2. The standard InChI is InChI=1S/C21H18ClF2N5O4S/c1-32-19-12(9-16(23)24)20(33-2)28-21(27-19)29-34(30,31)15-10-26-18-11(15)6-7-13(22)17(18)14-5-3-4-8-25-14/h3-8,10,16,26H,9H2,1-2H3,(H,27,28,29). The van der Waals surface area contributed by atoms with Gasteiger partial charge in [0.2, 0.25) is 24.1 Å². The molecule has 9 nitrogen and oxygen atoms in total. The van der Waals surface area contributed by atoms with Crippen LogP contribution in [0.3, 0.4) is 0 Å². The largest absolute Gasteiger partial charge is 0.481 e. The normalized spacial score (nSPS) is 11.7. The van der Waals surface area contributed by atoms with Crippen molar-refractivity contribution in [2.45, 2.75) is 17.7 Å². The number of alkyl halides is 2. The Balaban J connectivity index is 1.77. The van der Waals surface area contributed by atoms with Gasteiger partial charge in [0, 0.05) is 29.8 Å². The number of nitrogens with zero attached hydrogens (tertiary/aromatic N) is 3. The molecule has 0 spiro atoms. The molecule has 3 aromatic heterocycles. The summed E-state index contributed by atoms with van der Waals surface area (Å²) in [4.78, 5) is 15.0. The molecule has 178 valence electrons. The summed E-state index contributed by atoms with van der Waals surface area (Å²) in [6, 6.07) is 8.42. The van der Waals surface area contributed by atoms with Crippen LogP contribution in [0.25, 0.3) is 22.2 Å². The van der Waals surface area contributed by atoms with Gasteiger partial charge >= 0.3 is 0 Å². The molecule has 0 amide bonds. The molecule has 0 atom stereocenters. The average Bonchev–Trinajstić information content (AvgIpc) is 3.24. The molecule has 0 aliphatic rings. The van der Waals surface area contributed by atoms with Crippen molar-refractivity contribution in [2.75, 3.05) is 18.9 Å². The molecule has 1 aromatic carbocycles. The Labute approximate surface area is 198 Å². The quantitative estimate of drug-likeness (QED) is 0.363. The molecular formula is C21H18ClF2N5O4S. The molecule has 4 rings (SSSR count). The van der Waals surface area contributed by atoms with E-state index in [0.29, 0.717) is 27.2 Å². The van der Waals surface area contributed by atoms with E-state index in [1.807, 2.05) is 0 Å². The highest BCUT2D eigenvalue weighted by Crippen LogP contribution is 2.37. The SMILES string of the molecule is COc1nc(NS(=O)(=O)c2c[nH]c3c(-c4ccccn4)c(Cl)ccc23)nc(OC)c1CC(F)F. The van der Waals surface area contributed by atoms with Crippen LogP contribution in [0.4, 0.5) is 14.7 Å². The second-order valence-electron chi connectivity index (χ2n) is 6.96. The fraction of sp³-hybridized carbons (Fsp3) is 0.190. The zero-order chi connectivity index (χ0) is 24.5. The molecule has 0 saturated heterocycles. The number of nitrogens with one attached hydrogen (secondary N) is 2. The molecular weight excluding hydrogens is 492 g/mol. The number of aromatic nitrogens is 4. The van der Waals surface area contributed by atoms with Crippen LogP contribution in [0.2, 0.25) is 5.02 Å². The number of anilines is 1. The van der Waals surface area contributed by atoms with E-state index in [4.69, 9.17) is 21.1 Å². The highest BCUT2D eigenvalue weighted by atomic mass is 35.5. The van der Waals surface area contributed by atoms with Gasteiger partial charge in [0.05, 0.1) is 36.0 Å². The first kappa shape index (κ1) is 23.6. The molecule has 0 saturated carbocycles. The lowest BCUT2D eigenvalue weighted by Gasteiger charge is -2.14. The predicted molar refractivity (Wildman–Crippen MR) is 122 cm³/mol. The van der Waals surface area contributed by atoms with Crippen LogP contribution in [0.1, 0.15) is 5.56 Å². The number of fused-ring (bicyclic) bond motifs is 1. The Kier molecular flexibility index (Phi) is 6.53. The van der Waals surface area contributed by atoms with Crippen molar-refractivity contribution in [1.82, 2.24) is 19.9 Å². The summed E-state index contributed by atoms with van der Waals surface area (Å²) in [6.45, 7) is 0. The number of halogens is 3. The molecule has 0 aliphatic carbocycles. The van der Waals surface area contributed by atoms with Crippen molar-refractivity contribution >= 4 is 38.5 Å². The molecule has 4 aromatic rings. The third-order valence-electron chi connectivity index (χ3n) is 4.88. The van der Waals surface area contributed by atoms with E-state index >= 15 is 0 Å². The fourth-order valence-electron chi connectivity index (χ4n) is 3.46. The highest BCUT2D eigenvalue weighted by Gasteiger charge is 2.26. The van der Waals surface area contributed by atoms with Crippen LogP contribution in [0.15, 0.2) is 47.6 Å². The van der Waals surface area contributed by atoms with Gasteiger partial charge < -0.3 is 14.5 Å². The molecule has 0 radical (unpaired) electrons. The van der Waals surface area contributed by atoms with Crippen molar-refractivity contribution in [1.29, 1.82) is 0 Å². The molecule has 0 bridgehead atoms. The van der Waals surface area contributed by atoms with Gasteiger partial charge in [-0.25, -0.2) is 21.9 Å². The zero-order valence-corrected chi connectivity index (χ0v) is 19.4. The number of hydrogen-bond acceptors (Lipinski definition) is 7. The summed E-state index contributed by atoms with van der Waals surface area (Å²) in [7, 11) is -1.78. The number of hydrogen-bond donors (Lipinski definition) is 2. The summed E-state index contributed by atoms with van der Waals surface area (Å²) in [6.07, 6.45) is -0.531. The summed E-state index contributed by atoms with van der Waals surface area (Å²) < 4.78 is 64.7. The van der Waals surface area contributed by atoms with Crippen LogP contribution >= 0.6 is 11.6 Å². The molecule has 34 heavy (non-hydrogen) atoms. The average molecular weight is 510 g/mol. The van der Waals surface area contributed by atoms with E-state index in [0.717, 1.165) is 0 Å². The van der Waals surface area contributed by atoms with Crippen molar-refractivity contribution in [2.24, 2.45) is 0 Å². The Hall–Kier alpha value is -3.51. The van der Waals surface area contributed by atoms with Crippen molar-refractivity contribution in [3.05, 3.63) is 53.3 Å². The Bertz CT molecular complexity index is 1420. The number of H-pyrrole nitrogens is 1. The summed E-state index contributed by atoms with van der Waals surface area (Å²) >= 11 is 6.38. The van der Waals surface area contributed by atoms with Gasteiger partial charge in [-0.3, -0.25) is 4.98 Å². The molecule has 0 aliphatic heterocycles. The molecule has 0 fully saturated rings. The van der Waals surface area contributed by atoms with E-state index < -0.39 is 28.8 Å². The van der Waals surface area contributed by atoms with Crippen molar-refractivity contribution in [3.8, 4) is 23.0 Å². The minimum atomic E-state index is -4.22. The summed E-state index contributed by atoms with van der Waals surface area (Å²) in [5, 5.41) is 0.739. The van der Waals surface area contributed by atoms with Crippen LogP contribution in [0, 0.1) is 0 Å². The first-order valence-electron chi connectivity index (χ1n) is 9.76. The van der Waals surface area contributed by atoms with Crippen LogP contribution in [-0.4, -0.2) is 49.0 Å². The Morgan fingerprint density at radius 1 is 1.12 bits per heavy atom. The zero-order valence-electron chi connectivity index (χ0n) is 17.8. The number of rotatable bonds is 8. The first-order valence-corrected chi connectivity index (χ1v) is 11.6. The van der Waals surface area contributed by atoms with Crippen LogP contribution in [0.5, 0.6) is 11.8 Å². The van der Waals surface area contributed by atoms with Gasteiger partial charge in [-0.15, -0.1) is 0 Å². The lowest BCUT2D eigenvalue weighted by atomic mass is 10.1. The monoisotopic (exact) mass is 509 g/mol. The Morgan fingerprint density at radius 2 is 1.82 bits per heavy atom. The maximum Gasteiger partial charge on any atom is 0.266 e. The number of aromatic amines is 1. The molecule has 13 heteroatoms. The van der Waals surface area contributed by atoms with Crippen molar-refractivity contribution in [3.63, 3.8) is 0 Å². The molecule has 2 N–H and O–H groups in total. The minimum absolute atomic E-state index is 0.0790. The molecule has 3 heterocycles. The van der Waals surface area contributed by atoms with Crippen LogP contribution < -0.4 is 14.2 Å². The maximum absolute atomic E-state index is 13.2. The third kappa shape index (κ3) is 4.46. The number of ether oxygens (including phenoxy) is 2. The third-order valence-corrected chi connectivity index (χ3v) is 6.56. The topological polar surface area (TPSA) is 119 Å². The summed E-state index contributed by atoms with van der Waals surface area (Å²) in [5.74, 6) is -0.860. The molecule has 0 unspecified atom stereocenters. The smallest absolute Gasteiger partial charge is 0.266 e. The van der Waals surface area contributed by atoms with Gasteiger partial charge in [0.1, 0.15) is 4.90 Å².